The summed E-state index contributed by atoms with van der Waals surface area (Å²) in [7, 11) is 0. The minimum absolute atomic E-state index is 0.0823. The molecule has 0 aliphatic carbocycles. The van der Waals surface area contributed by atoms with Gasteiger partial charge in [-0.05, 0) is 85.8 Å². The van der Waals surface area contributed by atoms with Gasteiger partial charge in [-0.25, -0.2) is 0 Å². The normalized spacial score (nSPS) is 14.8. The van der Waals surface area contributed by atoms with E-state index in [-0.39, 0.29) is 17.2 Å². The highest BCUT2D eigenvalue weighted by Gasteiger charge is 2.38. The molecule has 3 aromatic rings. The van der Waals surface area contributed by atoms with Crippen LogP contribution in [0.3, 0.4) is 0 Å². The lowest BCUT2D eigenvalue weighted by Crippen LogP contribution is -2.35. The van der Waals surface area contributed by atoms with Crippen molar-refractivity contribution in [3.8, 4) is 9.75 Å². The van der Waals surface area contributed by atoms with Crippen molar-refractivity contribution < 1.29 is 9.59 Å². The Morgan fingerprint density at radius 3 is 1.30 bits per heavy atom. The van der Waals surface area contributed by atoms with Crippen LogP contribution in [0.15, 0.2) is 47.4 Å². The monoisotopic (exact) mass is 1070 g/mol. The van der Waals surface area contributed by atoms with Crippen molar-refractivity contribution in [1.82, 2.24) is 0 Å². The summed E-state index contributed by atoms with van der Waals surface area (Å²) in [5, 5.41) is 1.97. The Labute approximate surface area is 467 Å². The van der Waals surface area contributed by atoms with Crippen LogP contribution in [0.25, 0.3) is 20.9 Å². The van der Waals surface area contributed by atoms with Crippen molar-refractivity contribution >= 4 is 69.6 Å². The molecular formula is C67H106N2O2S3. The minimum atomic E-state index is 0.0823. The maximum atomic E-state index is 15.6. The van der Waals surface area contributed by atoms with Crippen molar-refractivity contribution in [3.63, 3.8) is 0 Å². The molecule has 2 unspecified atom stereocenters. The predicted octanol–water partition coefficient (Wildman–Crippen LogP) is 20.2. The molecule has 4 heterocycles. The number of fused-ring (bicyclic) bond motifs is 2. The lowest BCUT2D eigenvalue weighted by Gasteiger charge is -2.27. The van der Waals surface area contributed by atoms with Crippen LogP contribution in [-0.2, 0) is 15.0 Å². The second-order valence-corrected chi connectivity index (χ2v) is 26.4. The molecule has 414 valence electrons. The number of nitrogens with zero attached hydrogens (tertiary/aromatic N) is 2. The molecule has 0 fully saturated rings. The lowest BCUT2D eigenvalue weighted by molar-refractivity contribution is -0.114. The van der Waals surface area contributed by atoms with E-state index in [1.165, 1.54) is 194 Å². The standard InChI is InChI=1S/C67H106N2O2S3/c1-9-14-19-23-27-29-33-37-41-52(39-35-31-25-21-16-11-3)50-68-56-49-55-57(48-54(56)63(65(68)70)58(72)43-18-13-5)69(51-53(40-36-32-26-22-17-12-4)42-38-34-30-28-24-20-15-10-2)66(71)64(55)61-45-44-59(73-61)60-46-47-62(74-60)67(6,7)8/h43-49,52-53,72H,9-42,50-51H2,1-8H3/b58-43-. The molecule has 7 heteroatoms. The molecule has 0 bridgehead atoms. The minimum Gasteiger partial charge on any atom is -0.307 e. The van der Waals surface area contributed by atoms with E-state index in [0.717, 1.165) is 94.4 Å². The first kappa shape index (κ1) is 62.2. The third-order valence-electron chi connectivity index (χ3n) is 16.2. The summed E-state index contributed by atoms with van der Waals surface area (Å²) >= 11 is 8.79. The Morgan fingerprint density at radius 1 is 0.486 bits per heavy atom. The van der Waals surface area contributed by atoms with Gasteiger partial charge in [0.25, 0.3) is 11.8 Å². The topological polar surface area (TPSA) is 40.6 Å². The maximum absolute atomic E-state index is 15.6. The first-order valence-corrected chi connectivity index (χ1v) is 33.2. The van der Waals surface area contributed by atoms with Gasteiger partial charge in [-0.2, -0.15) is 0 Å². The summed E-state index contributed by atoms with van der Waals surface area (Å²) in [5.74, 6) is 1.07. The number of carbonyl (C=O) groups is 2. The zero-order valence-electron chi connectivity index (χ0n) is 48.6. The van der Waals surface area contributed by atoms with Crippen LogP contribution in [0.1, 0.15) is 283 Å². The number of anilines is 2. The van der Waals surface area contributed by atoms with Crippen LogP contribution in [0, 0.1) is 11.8 Å². The van der Waals surface area contributed by atoms with Gasteiger partial charge in [0.15, 0.2) is 0 Å². The van der Waals surface area contributed by atoms with E-state index >= 15 is 9.59 Å². The highest BCUT2D eigenvalue weighted by Crippen LogP contribution is 2.41. The van der Waals surface area contributed by atoms with Gasteiger partial charge in [-0.1, -0.05) is 248 Å². The van der Waals surface area contributed by atoms with Crippen LogP contribution in [0.2, 0.25) is 0 Å². The summed E-state index contributed by atoms with van der Waals surface area (Å²) in [4.78, 5) is 40.8. The molecule has 1 aromatic carbocycles. The molecule has 4 nitrogen and oxygen atoms in total. The SMILES string of the molecule is CCC/C=C(\S)C1=c2cc3c(cc2N(CC(CCCCCCCC)CCCCCCCCCC)C1=O)=C(c1ccc(-c2ccc(C(C)(C)C)s2)s1)C(=O)N3CC(CCCCCCCC)CCCCCCCCCC. The fourth-order valence-corrected chi connectivity index (χ4v) is 14.1. The van der Waals surface area contributed by atoms with Crippen molar-refractivity contribution in [2.75, 3.05) is 22.9 Å². The fraction of sp³-hybridized carbons (Fsp3) is 0.701. The number of hydrogen-bond acceptors (Lipinski definition) is 5. The second-order valence-electron chi connectivity index (χ2n) is 23.8. The van der Waals surface area contributed by atoms with Gasteiger partial charge in [-0.3, -0.25) is 9.59 Å². The third-order valence-corrected chi connectivity index (χ3v) is 19.4. The van der Waals surface area contributed by atoms with Gasteiger partial charge in [0.05, 0.1) is 22.5 Å². The largest absolute Gasteiger partial charge is 0.307 e. The fourth-order valence-electron chi connectivity index (χ4n) is 11.6. The van der Waals surface area contributed by atoms with Gasteiger partial charge < -0.3 is 9.80 Å². The molecule has 2 atom stereocenters. The van der Waals surface area contributed by atoms with Gasteiger partial charge >= 0.3 is 0 Å². The Balaban J connectivity index is 1.56. The number of carbonyl (C=O) groups excluding carboxylic acids is 2. The van der Waals surface area contributed by atoms with Crippen LogP contribution in [-0.4, -0.2) is 24.9 Å². The molecule has 0 N–H and O–H groups in total. The highest BCUT2D eigenvalue weighted by molar-refractivity contribution is 7.85. The molecule has 2 aliphatic rings. The van der Waals surface area contributed by atoms with E-state index in [2.05, 4.69) is 108 Å². The Kier molecular flexibility index (Phi) is 28.9. The number of thiophene rings is 2. The number of hydrogen-bond donors (Lipinski definition) is 1. The van der Waals surface area contributed by atoms with Crippen molar-refractivity contribution in [2.45, 2.75) is 279 Å². The van der Waals surface area contributed by atoms with E-state index in [1.54, 1.807) is 11.3 Å². The molecule has 0 saturated carbocycles. The number of rotatable bonds is 41. The quantitative estimate of drug-likeness (QED) is 0.0454. The number of benzene rings is 1. The van der Waals surface area contributed by atoms with Crippen LogP contribution >= 0.6 is 35.3 Å². The van der Waals surface area contributed by atoms with Crippen molar-refractivity contribution in [2.24, 2.45) is 11.8 Å². The zero-order chi connectivity index (χ0) is 53.1. The van der Waals surface area contributed by atoms with Gasteiger partial charge in [0.1, 0.15) is 0 Å². The summed E-state index contributed by atoms with van der Waals surface area (Å²) in [6.07, 6.45) is 45.0. The smallest absolute Gasteiger partial charge is 0.260 e. The maximum Gasteiger partial charge on any atom is 0.260 e. The van der Waals surface area contributed by atoms with E-state index in [1.807, 2.05) is 11.3 Å². The van der Waals surface area contributed by atoms with E-state index in [4.69, 9.17) is 12.6 Å². The Hall–Kier alpha value is -2.61. The summed E-state index contributed by atoms with van der Waals surface area (Å²) in [6.45, 7) is 19.7. The van der Waals surface area contributed by atoms with Crippen molar-refractivity contribution in [1.29, 1.82) is 0 Å². The first-order chi connectivity index (χ1) is 36.0. The first-order valence-electron chi connectivity index (χ1n) is 31.1. The predicted molar refractivity (Wildman–Crippen MR) is 332 cm³/mol. The average Bonchev–Trinajstić information content (AvgIpc) is 4.18. The van der Waals surface area contributed by atoms with Gasteiger partial charge in [-0.15, -0.1) is 35.3 Å². The number of unbranched alkanes of at least 4 members (excludes halogenated alkanes) is 25. The third kappa shape index (κ3) is 19.4. The summed E-state index contributed by atoms with van der Waals surface area (Å²) in [5.41, 5.74) is 3.58. The highest BCUT2D eigenvalue weighted by atomic mass is 32.1. The summed E-state index contributed by atoms with van der Waals surface area (Å²) in [6, 6.07) is 13.5. The lowest BCUT2D eigenvalue weighted by atomic mass is 9.93. The zero-order valence-corrected chi connectivity index (χ0v) is 51.2. The molecule has 0 saturated heterocycles. The van der Waals surface area contributed by atoms with Crippen LogP contribution in [0.4, 0.5) is 11.4 Å². The molecule has 0 spiro atoms. The number of thiol groups is 1. The van der Waals surface area contributed by atoms with Crippen molar-refractivity contribution in [3.05, 3.63) is 67.6 Å². The molecule has 0 radical (unpaired) electrons. The van der Waals surface area contributed by atoms with E-state index in [9.17, 15) is 0 Å². The molecule has 5 rings (SSSR count). The molecule has 2 aliphatic heterocycles. The van der Waals surface area contributed by atoms with Gasteiger partial charge in [0.2, 0.25) is 0 Å². The Bertz CT molecular complexity index is 2260. The number of amides is 2. The van der Waals surface area contributed by atoms with Crippen LogP contribution in [0.5, 0.6) is 0 Å². The Morgan fingerprint density at radius 2 is 0.865 bits per heavy atom. The molecule has 74 heavy (non-hydrogen) atoms. The number of allylic oxidation sites excluding steroid dienone is 1. The van der Waals surface area contributed by atoms with Crippen LogP contribution < -0.4 is 20.2 Å². The van der Waals surface area contributed by atoms with E-state index < -0.39 is 0 Å². The van der Waals surface area contributed by atoms with E-state index in [0.29, 0.717) is 11.8 Å². The molecule has 2 aromatic heterocycles. The summed E-state index contributed by atoms with van der Waals surface area (Å²) < 4.78 is 0. The molecular weight excluding hydrogens is 961 g/mol. The average molecular weight is 1070 g/mol. The van der Waals surface area contributed by atoms with Gasteiger partial charge in [0, 0.05) is 47.9 Å². The second kappa shape index (κ2) is 34.3. The molecule has 2 amide bonds.